The molecule has 1 aliphatic rings. The van der Waals surface area contributed by atoms with Gasteiger partial charge in [-0.15, -0.1) is 0 Å². The Morgan fingerprint density at radius 3 is 2.28 bits per heavy atom. The molecule has 0 radical (unpaired) electrons. The van der Waals surface area contributed by atoms with Crippen LogP contribution >= 0.6 is 0 Å². The van der Waals surface area contributed by atoms with Gasteiger partial charge in [-0.3, -0.25) is 4.90 Å². The molecule has 1 fully saturated rings. The van der Waals surface area contributed by atoms with Gasteiger partial charge >= 0.3 is 0 Å². The van der Waals surface area contributed by atoms with E-state index in [9.17, 15) is 0 Å². The highest BCUT2D eigenvalue weighted by Crippen LogP contribution is 2.32. The molecule has 1 aromatic rings. The normalized spacial score (nSPS) is 19.2. The Kier molecular flexibility index (Phi) is 3.79. The molecule has 0 aromatic heterocycles. The number of rotatable bonds is 3. The molecule has 0 amide bonds. The largest absolute Gasteiger partial charge is 0.322 e. The first-order valence-electron chi connectivity index (χ1n) is 7.00. The molecule has 18 heavy (non-hydrogen) atoms. The Morgan fingerprint density at radius 1 is 1.11 bits per heavy atom. The fraction of sp³-hybridized carbons (Fsp3) is 0.625. The van der Waals surface area contributed by atoms with Crippen molar-refractivity contribution < 1.29 is 0 Å². The lowest BCUT2D eigenvalue weighted by Crippen LogP contribution is -2.49. The van der Waals surface area contributed by atoms with Gasteiger partial charge in [0, 0.05) is 11.6 Å². The zero-order valence-electron chi connectivity index (χ0n) is 12.2. The number of hydrogen-bond donors (Lipinski definition) is 1. The Balaban J connectivity index is 2.23. The summed E-state index contributed by atoms with van der Waals surface area (Å²) in [5.74, 6) is 0. The first-order chi connectivity index (χ1) is 8.43. The van der Waals surface area contributed by atoms with E-state index in [1.165, 1.54) is 42.6 Å². The summed E-state index contributed by atoms with van der Waals surface area (Å²) >= 11 is 0. The van der Waals surface area contributed by atoms with Gasteiger partial charge in [-0.05, 0) is 70.3 Å². The highest BCUT2D eigenvalue weighted by atomic mass is 15.2. The summed E-state index contributed by atoms with van der Waals surface area (Å²) in [6.45, 7) is 11.2. The van der Waals surface area contributed by atoms with Gasteiger partial charge in [0.1, 0.15) is 0 Å². The summed E-state index contributed by atoms with van der Waals surface area (Å²) in [7, 11) is 0. The fourth-order valence-electron chi connectivity index (χ4n) is 2.86. The number of benzene rings is 1. The van der Waals surface area contributed by atoms with Crippen molar-refractivity contribution in [2.24, 2.45) is 5.73 Å². The molecular weight excluding hydrogens is 220 g/mol. The number of likely N-dealkylation sites (tertiary alicyclic amines) is 1. The number of nitrogens with two attached hydrogens (primary N) is 1. The maximum Gasteiger partial charge on any atom is 0.0476 e. The number of aryl methyl sites for hydroxylation is 2. The van der Waals surface area contributed by atoms with Gasteiger partial charge in [0.2, 0.25) is 0 Å². The monoisotopic (exact) mass is 246 g/mol. The molecule has 100 valence electrons. The highest BCUT2D eigenvalue weighted by molar-refractivity contribution is 5.33. The second-order valence-corrected chi connectivity index (χ2v) is 6.17. The van der Waals surface area contributed by atoms with E-state index in [1.54, 1.807) is 0 Å². The van der Waals surface area contributed by atoms with E-state index >= 15 is 0 Å². The van der Waals surface area contributed by atoms with Crippen LogP contribution in [0.1, 0.15) is 49.4 Å². The van der Waals surface area contributed by atoms with Crippen LogP contribution in [0, 0.1) is 13.8 Å². The van der Waals surface area contributed by atoms with Crippen molar-refractivity contribution in [1.29, 1.82) is 0 Å². The van der Waals surface area contributed by atoms with Crippen LogP contribution in [0.5, 0.6) is 0 Å². The molecule has 0 bridgehead atoms. The minimum absolute atomic E-state index is 0.0399. The zero-order chi connectivity index (χ0) is 13.3. The van der Waals surface area contributed by atoms with E-state index in [4.69, 9.17) is 5.73 Å². The van der Waals surface area contributed by atoms with Crippen molar-refractivity contribution in [3.8, 4) is 0 Å². The first kappa shape index (κ1) is 13.6. The smallest absolute Gasteiger partial charge is 0.0476 e. The summed E-state index contributed by atoms with van der Waals surface area (Å²) in [4.78, 5) is 2.53. The summed E-state index contributed by atoms with van der Waals surface area (Å²) in [6.07, 6.45) is 2.62. The Morgan fingerprint density at radius 2 is 1.72 bits per heavy atom. The van der Waals surface area contributed by atoms with E-state index in [1.807, 2.05) is 0 Å². The minimum atomic E-state index is 0.0399. The highest BCUT2D eigenvalue weighted by Gasteiger charge is 2.35. The molecule has 2 nitrogen and oxygen atoms in total. The van der Waals surface area contributed by atoms with E-state index in [0.29, 0.717) is 0 Å². The summed E-state index contributed by atoms with van der Waals surface area (Å²) in [5.41, 5.74) is 10.5. The van der Waals surface area contributed by atoms with Crippen LogP contribution in [0.15, 0.2) is 18.2 Å². The molecule has 0 spiro atoms. The Labute approximate surface area is 111 Å². The number of hydrogen-bond acceptors (Lipinski definition) is 2. The molecule has 1 saturated heterocycles. The van der Waals surface area contributed by atoms with E-state index in [0.717, 1.165) is 0 Å². The van der Waals surface area contributed by atoms with Crippen LogP contribution in [-0.2, 0) is 0 Å². The lowest BCUT2D eigenvalue weighted by molar-refractivity contribution is 0.124. The Bertz CT molecular complexity index is 417. The van der Waals surface area contributed by atoms with Crippen LogP contribution in [0.3, 0.4) is 0 Å². The van der Waals surface area contributed by atoms with Crippen LogP contribution < -0.4 is 5.73 Å². The average molecular weight is 246 g/mol. The van der Waals surface area contributed by atoms with Gasteiger partial charge < -0.3 is 5.73 Å². The SMILES string of the molecule is Cc1ccc(C(N)C(C)(C)N2CCCC2)cc1C. The second-order valence-electron chi connectivity index (χ2n) is 6.17. The van der Waals surface area contributed by atoms with Crippen molar-refractivity contribution in [1.82, 2.24) is 4.90 Å². The van der Waals surface area contributed by atoms with Crippen molar-refractivity contribution in [2.45, 2.75) is 52.1 Å². The molecule has 0 aliphatic carbocycles. The third-order valence-electron chi connectivity index (χ3n) is 4.57. The molecule has 1 aromatic carbocycles. The van der Waals surface area contributed by atoms with Crippen LogP contribution in [0.4, 0.5) is 0 Å². The molecule has 2 rings (SSSR count). The molecule has 1 atom stereocenters. The predicted octanol–water partition coefficient (Wildman–Crippen LogP) is 3.18. The van der Waals surface area contributed by atoms with Crippen LogP contribution in [0.25, 0.3) is 0 Å². The van der Waals surface area contributed by atoms with Crippen molar-refractivity contribution in [3.63, 3.8) is 0 Å². The second kappa shape index (κ2) is 5.02. The van der Waals surface area contributed by atoms with E-state index < -0.39 is 0 Å². The third-order valence-corrected chi connectivity index (χ3v) is 4.57. The van der Waals surface area contributed by atoms with Crippen LogP contribution in [-0.4, -0.2) is 23.5 Å². The van der Waals surface area contributed by atoms with Crippen molar-refractivity contribution >= 4 is 0 Å². The van der Waals surface area contributed by atoms with Crippen molar-refractivity contribution in [2.75, 3.05) is 13.1 Å². The van der Waals surface area contributed by atoms with Gasteiger partial charge in [-0.2, -0.15) is 0 Å². The standard InChI is InChI=1S/C16H26N2/c1-12-7-8-14(11-13(12)2)15(17)16(3,4)18-9-5-6-10-18/h7-8,11,15H,5-6,9-10,17H2,1-4H3. The molecule has 1 heterocycles. The topological polar surface area (TPSA) is 29.3 Å². The van der Waals surface area contributed by atoms with Gasteiger partial charge in [0.05, 0.1) is 0 Å². The molecule has 1 aliphatic heterocycles. The quantitative estimate of drug-likeness (QED) is 0.887. The molecule has 2 N–H and O–H groups in total. The lowest BCUT2D eigenvalue weighted by Gasteiger charge is -2.40. The first-order valence-corrected chi connectivity index (χ1v) is 7.00. The van der Waals surface area contributed by atoms with Gasteiger partial charge in [0.15, 0.2) is 0 Å². The third kappa shape index (κ3) is 2.45. The minimum Gasteiger partial charge on any atom is -0.322 e. The van der Waals surface area contributed by atoms with E-state index in [2.05, 4.69) is 50.8 Å². The summed E-state index contributed by atoms with van der Waals surface area (Å²) in [5, 5.41) is 0. The molecular formula is C16H26N2. The fourth-order valence-corrected chi connectivity index (χ4v) is 2.86. The molecule has 0 saturated carbocycles. The number of nitrogens with zero attached hydrogens (tertiary/aromatic N) is 1. The average Bonchev–Trinajstić information content (AvgIpc) is 2.86. The van der Waals surface area contributed by atoms with Crippen LogP contribution in [0.2, 0.25) is 0 Å². The summed E-state index contributed by atoms with van der Waals surface area (Å²) < 4.78 is 0. The van der Waals surface area contributed by atoms with Gasteiger partial charge in [0.25, 0.3) is 0 Å². The zero-order valence-corrected chi connectivity index (χ0v) is 12.2. The van der Waals surface area contributed by atoms with E-state index in [-0.39, 0.29) is 11.6 Å². The summed E-state index contributed by atoms with van der Waals surface area (Å²) in [6, 6.07) is 6.70. The predicted molar refractivity (Wildman–Crippen MR) is 77.7 cm³/mol. The van der Waals surface area contributed by atoms with Gasteiger partial charge in [-0.25, -0.2) is 0 Å². The lowest BCUT2D eigenvalue weighted by atomic mass is 9.86. The maximum atomic E-state index is 6.53. The maximum absolute atomic E-state index is 6.53. The molecule has 2 heteroatoms. The van der Waals surface area contributed by atoms with Gasteiger partial charge in [-0.1, -0.05) is 18.2 Å². The Hall–Kier alpha value is -0.860. The van der Waals surface area contributed by atoms with Crippen molar-refractivity contribution in [3.05, 3.63) is 34.9 Å². The molecule has 1 unspecified atom stereocenters.